The molecule has 0 saturated carbocycles. The summed E-state index contributed by atoms with van der Waals surface area (Å²) < 4.78 is 0. The van der Waals surface area contributed by atoms with Crippen molar-refractivity contribution >= 4 is 39.8 Å². The van der Waals surface area contributed by atoms with E-state index in [4.69, 9.17) is 11.6 Å². The molecule has 3 aromatic rings. The number of nitrogens with one attached hydrogen (secondary N) is 1. The van der Waals surface area contributed by atoms with Crippen LogP contribution in [0, 0.1) is 0 Å². The predicted molar refractivity (Wildman–Crippen MR) is 80.8 cm³/mol. The Hall–Kier alpha value is -1.59. The molecular weight excluding hydrogens is 311 g/mol. The van der Waals surface area contributed by atoms with E-state index in [-0.39, 0.29) is 35.1 Å². The van der Waals surface area contributed by atoms with Gasteiger partial charge in [-0.1, -0.05) is 29.8 Å². The van der Waals surface area contributed by atoms with E-state index in [2.05, 4.69) is 10.3 Å². The first-order chi connectivity index (χ1) is 10.1. The van der Waals surface area contributed by atoms with Crippen molar-refractivity contribution in [2.45, 2.75) is 0 Å². The average molecular weight is 321 g/mol. The number of carbonyl (C=O) groups excluding carboxylic acids is 1. The third-order valence-electron chi connectivity index (χ3n) is 3.12. The minimum Gasteiger partial charge on any atom is -0.545 e. The number of anilines is 2. The zero-order chi connectivity index (χ0) is 14.8. The number of aromatic carboxylic acids is 1. The molecule has 1 aromatic heterocycles. The van der Waals surface area contributed by atoms with Crippen molar-refractivity contribution in [3.05, 3.63) is 65.3 Å². The number of carboxylic acids is 1. The number of carbonyl (C=O) groups is 1. The maximum absolute atomic E-state index is 11.1. The molecule has 0 amide bonds. The van der Waals surface area contributed by atoms with Crippen LogP contribution in [0.5, 0.6) is 0 Å². The smallest absolute Gasteiger partial charge is 0.545 e. The largest absolute Gasteiger partial charge is 1.00 e. The maximum atomic E-state index is 11.1. The first-order valence-electron chi connectivity index (χ1n) is 6.27. The number of fused-ring (bicyclic) bond motifs is 1. The summed E-state index contributed by atoms with van der Waals surface area (Å²) in [6.07, 6.45) is 1.64. The Morgan fingerprint density at radius 2 is 1.86 bits per heavy atom. The van der Waals surface area contributed by atoms with Gasteiger partial charge in [-0.3, -0.25) is 4.98 Å². The molecule has 0 bridgehead atoms. The number of hydrogen-bond donors (Lipinski definition) is 1. The van der Waals surface area contributed by atoms with Crippen LogP contribution in [0.1, 0.15) is 10.4 Å². The van der Waals surface area contributed by atoms with Gasteiger partial charge < -0.3 is 15.2 Å². The van der Waals surface area contributed by atoms with Crippen molar-refractivity contribution < 1.29 is 39.5 Å². The van der Waals surface area contributed by atoms with E-state index in [1.807, 2.05) is 6.07 Å². The van der Waals surface area contributed by atoms with Gasteiger partial charge in [-0.2, -0.15) is 0 Å². The first kappa shape index (κ1) is 16.8. The number of benzene rings is 2. The molecule has 0 spiro atoms. The number of rotatable bonds is 3. The van der Waals surface area contributed by atoms with Crippen LogP contribution in [0.3, 0.4) is 0 Å². The van der Waals surface area contributed by atoms with E-state index in [0.717, 1.165) is 16.6 Å². The van der Waals surface area contributed by atoms with E-state index in [9.17, 15) is 9.90 Å². The number of para-hydroxylation sites is 1. The molecule has 1 N–H and O–H groups in total. The van der Waals surface area contributed by atoms with Crippen LogP contribution in [0.4, 0.5) is 11.4 Å². The molecule has 0 aliphatic rings. The van der Waals surface area contributed by atoms with E-state index in [1.165, 1.54) is 6.07 Å². The monoisotopic (exact) mass is 320 g/mol. The molecular formula is C16H10ClN2NaO2. The van der Waals surface area contributed by atoms with Gasteiger partial charge in [-0.15, -0.1) is 0 Å². The van der Waals surface area contributed by atoms with Gasteiger partial charge in [-0.25, -0.2) is 0 Å². The Morgan fingerprint density at radius 1 is 1.09 bits per heavy atom. The van der Waals surface area contributed by atoms with Crippen LogP contribution in [0.25, 0.3) is 10.9 Å². The van der Waals surface area contributed by atoms with Crippen molar-refractivity contribution in [3.63, 3.8) is 0 Å². The summed E-state index contributed by atoms with van der Waals surface area (Å²) in [6.45, 7) is 0. The molecule has 0 atom stereocenters. The summed E-state index contributed by atoms with van der Waals surface area (Å²) in [7, 11) is 0. The Bertz CT molecular complexity index is 839. The van der Waals surface area contributed by atoms with E-state index >= 15 is 0 Å². The Morgan fingerprint density at radius 3 is 2.64 bits per heavy atom. The zero-order valence-corrected chi connectivity index (χ0v) is 14.6. The normalized spacial score (nSPS) is 10.0. The molecule has 1 heterocycles. The average Bonchev–Trinajstić information content (AvgIpc) is 2.47. The second-order valence-electron chi connectivity index (χ2n) is 4.48. The van der Waals surface area contributed by atoms with Crippen LogP contribution >= 0.6 is 11.6 Å². The van der Waals surface area contributed by atoms with Crippen molar-refractivity contribution in [1.82, 2.24) is 4.98 Å². The van der Waals surface area contributed by atoms with Crippen LogP contribution in [0.15, 0.2) is 54.7 Å². The molecule has 0 unspecified atom stereocenters. The summed E-state index contributed by atoms with van der Waals surface area (Å²) in [4.78, 5) is 15.4. The van der Waals surface area contributed by atoms with E-state index < -0.39 is 5.97 Å². The SMILES string of the molecule is O=C([O-])c1ccccc1Nc1ccnc2cc(Cl)ccc12.[Na+]. The van der Waals surface area contributed by atoms with Gasteiger partial charge in [-0.05, 0) is 30.3 Å². The first-order valence-corrected chi connectivity index (χ1v) is 6.64. The zero-order valence-electron chi connectivity index (χ0n) is 11.8. The molecule has 0 saturated heterocycles. The van der Waals surface area contributed by atoms with Crippen LogP contribution in [0.2, 0.25) is 5.02 Å². The molecule has 6 heteroatoms. The second-order valence-corrected chi connectivity index (χ2v) is 4.91. The summed E-state index contributed by atoms with van der Waals surface area (Å²) in [5, 5.41) is 15.7. The van der Waals surface area contributed by atoms with Crippen LogP contribution < -0.4 is 40.0 Å². The quantitative estimate of drug-likeness (QED) is 0.690. The minimum atomic E-state index is -1.22. The fourth-order valence-electron chi connectivity index (χ4n) is 2.15. The fourth-order valence-corrected chi connectivity index (χ4v) is 2.31. The molecule has 0 aliphatic heterocycles. The topological polar surface area (TPSA) is 65.0 Å². The minimum absolute atomic E-state index is 0. The van der Waals surface area contributed by atoms with E-state index in [1.54, 1.807) is 42.6 Å². The van der Waals surface area contributed by atoms with Gasteiger partial charge in [0.05, 0.1) is 11.5 Å². The van der Waals surface area contributed by atoms with Gasteiger partial charge in [0.15, 0.2) is 0 Å². The maximum Gasteiger partial charge on any atom is 1.00 e. The summed E-state index contributed by atoms with van der Waals surface area (Å²) >= 11 is 5.95. The molecule has 2 aromatic carbocycles. The molecule has 104 valence electrons. The Kier molecular flexibility index (Phi) is 5.42. The third-order valence-corrected chi connectivity index (χ3v) is 3.36. The molecule has 22 heavy (non-hydrogen) atoms. The van der Waals surface area contributed by atoms with Crippen molar-refractivity contribution in [2.24, 2.45) is 0 Å². The van der Waals surface area contributed by atoms with Gasteiger partial charge in [0.25, 0.3) is 0 Å². The van der Waals surface area contributed by atoms with Gasteiger partial charge in [0.2, 0.25) is 0 Å². The Labute approximate surface area is 154 Å². The number of halogens is 1. The number of hydrogen-bond acceptors (Lipinski definition) is 4. The number of pyridine rings is 1. The molecule has 3 rings (SSSR count). The van der Waals surface area contributed by atoms with Gasteiger partial charge in [0.1, 0.15) is 0 Å². The molecule has 0 fully saturated rings. The van der Waals surface area contributed by atoms with Crippen LogP contribution in [-0.2, 0) is 0 Å². The fraction of sp³-hybridized carbons (Fsp3) is 0. The molecule has 0 aliphatic carbocycles. The second kappa shape index (κ2) is 7.11. The summed E-state index contributed by atoms with van der Waals surface area (Å²) in [6, 6.07) is 13.7. The van der Waals surface area contributed by atoms with Crippen LogP contribution in [-0.4, -0.2) is 11.0 Å². The van der Waals surface area contributed by atoms with Crippen molar-refractivity contribution in [2.75, 3.05) is 5.32 Å². The van der Waals surface area contributed by atoms with Gasteiger partial charge in [0, 0.05) is 33.5 Å². The molecule has 0 radical (unpaired) electrons. The predicted octanol–water partition coefficient (Wildman–Crippen LogP) is -0.000700. The molecule has 4 nitrogen and oxygen atoms in total. The summed E-state index contributed by atoms with van der Waals surface area (Å²) in [5.41, 5.74) is 2.07. The third kappa shape index (κ3) is 3.42. The Balaban J connectivity index is 0.00000176. The standard InChI is InChI=1S/C16H11ClN2O2.Na/c17-10-5-6-11-14(7-8-18-15(11)9-10)19-13-4-2-1-3-12(13)16(20)21;/h1-9H,(H,18,19)(H,20,21);/q;+1/p-1. The summed E-state index contributed by atoms with van der Waals surface area (Å²) in [5.74, 6) is -1.22. The number of nitrogens with zero attached hydrogens (tertiary/aromatic N) is 1. The van der Waals surface area contributed by atoms with Crippen molar-refractivity contribution in [1.29, 1.82) is 0 Å². The number of aromatic nitrogens is 1. The van der Waals surface area contributed by atoms with Gasteiger partial charge >= 0.3 is 29.6 Å². The van der Waals surface area contributed by atoms with Crippen molar-refractivity contribution in [3.8, 4) is 0 Å². The van der Waals surface area contributed by atoms with E-state index in [0.29, 0.717) is 10.7 Å². The number of carboxylic acid groups (broad SMARTS) is 1.